The van der Waals surface area contributed by atoms with Crippen molar-refractivity contribution >= 4 is 16.5 Å². The molecule has 1 atom stereocenters. The standard InChI is InChI=1S/C14H11F6N3OS/c15-13(16,17)8-1-2-11(21-5-8)24-9-3-4-23(6-9)12-22-10(7-25-12)14(18,19)20/h1-2,5,7,9H,3-4,6H2. The van der Waals surface area contributed by atoms with E-state index in [2.05, 4.69) is 9.97 Å². The zero-order chi connectivity index (χ0) is 18.2. The Bertz CT molecular complexity index is 727. The van der Waals surface area contributed by atoms with Crippen LogP contribution in [0.15, 0.2) is 23.7 Å². The number of nitrogens with zero attached hydrogens (tertiary/aromatic N) is 3. The number of aromatic nitrogens is 2. The molecular weight excluding hydrogens is 372 g/mol. The fourth-order valence-electron chi connectivity index (χ4n) is 2.33. The van der Waals surface area contributed by atoms with Gasteiger partial charge in [-0.1, -0.05) is 0 Å². The van der Waals surface area contributed by atoms with Gasteiger partial charge >= 0.3 is 12.4 Å². The van der Waals surface area contributed by atoms with Crippen LogP contribution < -0.4 is 9.64 Å². The highest BCUT2D eigenvalue weighted by Gasteiger charge is 2.35. The predicted molar refractivity (Wildman–Crippen MR) is 77.6 cm³/mol. The van der Waals surface area contributed by atoms with Crippen LogP contribution in [0.5, 0.6) is 5.88 Å². The molecular formula is C14H11F6N3OS. The monoisotopic (exact) mass is 383 g/mol. The largest absolute Gasteiger partial charge is 0.472 e. The van der Waals surface area contributed by atoms with E-state index < -0.39 is 23.6 Å². The van der Waals surface area contributed by atoms with Crippen molar-refractivity contribution in [3.05, 3.63) is 35.0 Å². The first-order valence-electron chi connectivity index (χ1n) is 7.10. The van der Waals surface area contributed by atoms with Crippen molar-refractivity contribution in [1.82, 2.24) is 9.97 Å². The van der Waals surface area contributed by atoms with E-state index in [-0.39, 0.29) is 23.7 Å². The summed E-state index contributed by atoms with van der Waals surface area (Å²) in [5.41, 5.74) is -1.82. The summed E-state index contributed by atoms with van der Waals surface area (Å²) >= 11 is 0.885. The van der Waals surface area contributed by atoms with Crippen molar-refractivity contribution in [2.24, 2.45) is 0 Å². The Hall–Kier alpha value is -2.04. The van der Waals surface area contributed by atoms with E-state index >= 15 is 0 Å². The van der Waals surface area contributed by atoms with Gasteiger partial charge in [0, 0.05) is 30.6 Å². The Labute approximate surface area is 142 Å². The minimum atomic E-state index is -4.49. The summed E-state index contributed by atoms with van der Waals surface area (Å²) in [5, 5.41) is 1.18. The van der Waals surface area contributed by atoms with E-state index in [1.807, 2.05) is 0 Å². The number of thiazole rings is 1. The number of rotatable bonds is 3. The first-order valence-corrected chi connectivity index (χ1v) is 7.98. The third kappa shape index (κ3) is 4.14. The second kappa shape index (κ2) is 6.36. The molecule has 1 saturated heterocycles. The maximum atomic E-state index is 12.6. The smallest absolute Gasteiger partial charge is 0.434 e. The van der Waals surface area contributed by atoms with Crippen LogP contribution in [0.4, 0.5) is 31.5 Å². The number of ether oxygens (including phenoxy) is 1. The molecule has 11 heteroatoms. The summed E-state index contributed by atoms with van der Waals surface area (Å²) < 4.78 is 80.7. The Kier molecular flexibility index (Phi) is 4.52. The Balaban J connectivity index is 1.61. The zero-order valence-electron chi connectivity index (χ0n) is 12.4. The molecule has 136 valence electrons. The van der Waals surface area contributed by atoms with E-state index in [9.17, 15) is 26.3 Å². The van der Waals surface area contributed by atoms with Crippen LogP contribution in [0.1, 0.15) is 17.7 Å². The minimum Gasteiger partial charge on any atom is -0.472 e. The van der Waals surface area contributed by atoms with Crippen LogP contribution in [-0.4, -0.2) is 29.2 Å². The normalized spacial score (nSPS) is 18.6. The highest BCUT2D eigenvalue weighted by atomic mass is 32.1. The van der Waals surface area contributed by atoms with Crippen molar-refractivity contribution in [2.45, 2.75) is 24.9 Å². The summed E-state index contributed by atoms with van der Waals surface area (Å²) in [6, 6.07) is 1.99. The molecule has 2 aromatic rings. The number of halogens is 6. The summed E-state index contributed by atoms with van der Waals surface area (Å²) in [5.74, 6) is 0.0370. The van der Waals surface area contributed by atoms with Crippen molar-refractivity contribution in [3.63, 3.8) is 0 Å². The Morgan fingerprint density at radius 1 is 1.12 bits per heavy atom. The molecule has 3 heterocycles. The molecule has 4 nitrogen and oxygen atoms in total. The molecule has 1 fully saturated rings. The topological polar surface area (TPSA) is 38.2 Å². The SMILES string of the molecule is FC(F)(F)c1ccc(OC2CCN(c3nc(C(F)(F)F)cs3)C2)nc1. The van der Waals surface area contributed by atoms with Crippen LogP contribution in [0.2, 0.25) is 0 Å². The lowest BCUT2D eigenvalue weighted by atomic mass is 10.3. The molecule has 2 aromatic heterocycles. The van der Waals surface area contributed by atoms with Crippen LogP contribution in [0.25, 0.3) is 0 Å². The van der Waals surface area contributed by atoms with Crippen molar-refractivity contribution in [3.8, 4) is 5.88 Å². The predicted octanol–water partition coefficient (Wildman–Crippen LogP) is 4.23. The molecule has 0 bridgehead atoms. The van der Waals surface area contributed by atoms with Gasteiger partial charge in [-0.2, -0.15) is 26.3 Å². The quantitative estimate of drug-likeness (QED) is 0.744. The molecule has 0 saturated carbocycles. The van der Waals surface area contributed by atoms with Crippen molar-refractivity contribution in [1.29, 1.82) is 0 Å². The fraction of sp³-hybridized carbons (Fsp3) is 0.429. The van der Waals surface area contributed by atoms with E-state index in [1.165, 1.54) is 0 Å². The van der Waals surface area contributed by atoms with E-state index in [1.54, 1.807) is 4.90 Å². The molecule has 1 unspecified atom stereocenters. The zero-order valence-corrected chi connectivity index (χ0v) is 13.3. The number of anilines is 1. The third-order valence-corrected chi connectivity index (χ3v) is 4.45. The van der Waals surface area contributed by atoms with E-state index in [4.69, 9.17) is 4.74 Å². The van der Waals surface area contributed by atoms with E-state index in [0.717, 1.165) is 28.8 Å². The van der Waals surface area contributed by atoms with Gasteiger partial charge in [-0.15, -0.1) is 11.3 Å². The summed E-state index contributed by atoms with van der Waals surface area (Å²) in [6.45, 7) is 0.726. The molecule has 0 aromatic carbocycles. The van der Waals surface area contributed by atoms with Crippen LogP contribution in [-0.2, 0) is 12.4 Å². The van der Waals surface area contributed by atoms with Gasteiger partial charge in [-0.3, -0.25) is 0 Å². The fourth-order valence-corrected chi connectivity index (χ4v) is 3.20. The van der Waals surface area contributed by atoms with Gasteiger partial charge < -0.3 is 9.64 Å². The molecule has 0 N–H and O–H groups in total. The molecule has 0 spiro atoms. The van der Waals surface area contributed by atoms with Crippen molar-refractivity contribution < 1.29 is 31.1 Å². The lowest BCUT2D eigenvalue weighted by Crippen LogP contribution is -2.25. The van der Waals surface area contributed by atoms with Gasteiger partial charge in [0.05, 0.1) is 12.1 Å². The molecule has 3 rings (SSSR count). The molecule has 1 aliphatic heterocycles. The lowest BCUT2D eigenvalue weighted by molar-refractivity contribution is -0.140. The lowest BCUT2D eigenvalue weighted by Gasteiger charge is -2.16. The van der Waals surface area contributed by atoms with Gasteiger partial charge in [0.15, 0.2) is 10.8 Å². The average Bonchev–Trinajstić information content (AvgIpc) is 3.14. The number of pyridine rings is 1. The Morgan fingerprint density at radius 2 is 1.88 bits per heavy atom. The van der Waals surface area contributed by atoms with Crippen molar-refractivity contribution in [2.75, 3.05) is 18.0 Å². The molecule has 1 aliphatic rings. The highest BCUT2D eigenvalue weighted by molar-refractivity contribution is 7.13. The van der Waals surface area contributed by atoms with Gasteiger partial charge in [-0.25, -0.2) is 9.97 Å². The van der Waals surface area contributed by atoms with Crippen LogP contribution in [0, 0.1) is 0 Å². The maximum Gasteiger partial charge on any atom is 0.434 e. The molecule has 25 heavy (non-hydrogen) atoms. The number of alkyl halides is 6. The van der Waals surface area contributed by atoms with Gasteiger partial charge in [0.25, 0.3) is 0 Å². The number of hydrogen-bond donors (Lipinski definition) is 0. The molecule has 0 radical (unpaired) electrons. The summed E-state index contributed by atoms with van der Waals surface area (Å²) in [6.07, 6.45) is -8.17. The highest BCUT2D eigenvalue weighted by Crippen LogP contribution is 2.34. The van der Waals surface area contributed by atoms with Crippen LogP contribution >= 0.6 is 11.3 Å². The third-order valence-electron chi connectivity index (χ3n) is 3.55. The second-order valence-corrected chi connectivity index (χ2v) is 6.21. The first kappa shape index (κ1) is 17.8. The molecule has 0 amide bonds. The van der Waals surface area contributed by atoms with Gasteiger partial charge in [-0.05, 0) is 6.07 Å². The average molecular weight is 383 g/mol. The Morgan fingerprint density at radius 3 is 2.44 bits per heavy atom. The number of hydrogen-bond acceptors (Lipinski definition) is 5. The second-order valence-electron chi connectivity index (χ2n) is 5.37. The first-order chi connectivity index (χ1) is 11.6. The van der Waals surface area contributed by atoms with Crippen LogP contribution in [0.3, 0.4) is 0 Å². The summed E-state index contributed by atoms with van der Waals surface area (Å²) in [4.78, 5) is 8.83. The minimum absolute atomic E-state index is 0.0370. The summed E-state index contributed by atoms with van der Waals surface area (Å²) in [7, 11) is 0. The van der Waals surface area contributed by atoms with Gasteiger partial charge in [0.1, 0.15) is 6.10 Å². The molecule has 0 aliphatic carbocycles. The van der Waals surface area contributed by atoms with Gasteiger partial charge in [0.2, 0.25) is 5.88 Å². The maximum absolute atomic E-state index is 12.6. The van der Waals surface area contributed by atoms with E-state index in [0.29, 0.717) is 19.2 Å².